The van der Waals surface area contributed by atoms with Gasteiger partial charge in [0, 0.05) is 25.7 Å². The van der Waals surface area contributed by atoms with E-state index in [1.54, 1.807) is 6.92 Å². The summed E-state index contributed by atoms with van der Waals surface area (Å²) in [5.74, 6) is 0.535. The first-order valence-electron chi connectivity index (χ1n) is 9.63. The van der Waals surface area contributed by atoms with Crippen LogP contribution in [0.4, 0.5) is 5.69 Å². The molecule has 2 unspecified atom stereocenters. The molecule has 2 atom stereocenters. The Hall–Kier alpha value is -3.41. The van der Waals surface area contributed by atoms with Crippen molar-refractivity contribution in [1.29, 1.82) is 10.7 Å². The Morgan fingerprint density at radius 1 is 1.27 bits per heavy atom. The highest BCUT2D eigenvalue weighted by Crippen LogP contribution is 2.32. The van der Waals surface area contributed by atoms with Crippen molar-refractivity contribution < 1.29 is 14.6 Å². The molecule has 156 valence electrons. The van der Waals surface area contributed by atoms with Gasteiger partial charge in [0.25, 0.3) is 0 Å². The van der Waals surface area contributed by atoms with Gasteiger partial charge in [-0.05, 0) is 49.8 Å². The molecule has 8 nitrogen and oxygen atoms in total. The summed E-state index contributed by atoms with van der Waals surface area (Å²) in [6.45, 7) is 3.90. The van der Waals surface area contributed by atoms with E-state index in [1.807, 2.05) is 74.5 Å². The fourth-order valence-electron chi connectivity index (χ4n) is 3.19. The third-order valence-corrected chi connectivity index (χ3v) is 4.65. The molecule has 0 amide bonds. The van der Waals surface area contributed by atoms with Gasteiger partial charge >= 0.3 is 0 Å². The second-order valence-electron chi connectivity index (χ2n) is 7.06. The van der Waals surface area contributed by atoms with Crippen LogP contribution in [0.3, 0.4) is 0 Å². The number of amidine groups is 1. The van der Waals surface area contributed by atoms with E-state index in [4.69, 9.17) is 20.0 Å². The van der Waals surface area contributed by atoms with Gasteiger partial charge in [-0.25, -0.2) is 4.89 Å². The number of nitrogens with one attached hydrogen (secondary N) is 1. The third-order valence-electron chi connectivity index (χ3n) is 4.65. The molecular formula is C22H25N5O3. The summed E-state index contributed by atoms with van der Waals surface area (Å²) in [4.78, 5) is 11.9. The van der Waals surface area contributed by atoms with Gasteiger partial charge in [-0.15, -0.1) is 5.10 Å². The zero-order valence-corrected chi connectivity index (χ0v) is 17.5. The van der Waals surface area contributed by atoms with Crippen LogP contribution >= 0.6 is 0 Å². The number of nitriles is 1. The van der Waals surface area contributed by atoms with Crippen LogP contribution in [0.1, 0.15) is 19.4 Å². The van der Waals surface area contributed by atoms with Gasteiger partial charge in [-0.3, -0.25) is 5.41 Å². The van der Waals surface area contributed by atoms with Crippen LogP contribution in [-0.2, 0) is 14.6 Å². The lowest BCUT2D eigenvalue weighted by atomic mass is 9.86. The van der Waals surface area contributed by atoms with E-state index >= 15 is 0 Å². The lowest BCUT2D eigenvalue weighted by Gasteiger charge is -2.23. The van der Waals surface area contributed by atoms with E-state index in [-0.39, 0.29) is 17.5 Å². The number of ether oxygens (including phenoxy) is 1. The molecule has 0 aliphatic carbocycles. The molecule has 0 aromatic heterocycles. The molecule has 30 heavy (non-hydrogen) atoms. The number of rotatable bonds is 7. The second-order valence-corrected chi connectivity index (χ2v) is 7.06. The average Bonchev–Trinajstić information content (AvgIpc) is 3.06. The van der Waals surface area contributed by atoms with Gasteiger partial charge < -0.3 is 9.64 Å². The van der Waals surface area contributed by atoms with Gasteiger partial charge in [0.05, 0.1) is 18.3 Å². The van der Waals surface area contributed by atoms with E-state index in [0.29, 0.717) is 18.1 Å². The van der Waals surface area contributed by atoms with Crippen molar-refractivity contribution in [1.82, 2.24) is 5.17 Å². The third kappa shape index (κ3) is 4.76. The van der Waals surface area contributed by atoms with Crippen molar-refractivity contribution >= 4 is 23.3 Å². The molecule has 3 rings (SSSR count). The molecule has 0 saturated heterocycles. The van der Waals surface area contributed by atoms with E-state index in [2.05, 4.69) is 11.2 Å². The molecule has 2 aliphatic rings. The zero-order chi connectivity index (χ0) is 21.7. The SMILES string of the molecule is CCOON1N=C(C#N)C(C2C=C(C)OC(/C=C/c3ccc(N(C)C)cc3)=C2)C1=N. The summed E-state index contributed by atoms with van der Waals surface area (Å²) in [6.07, 6.45) is 7.60. The number of hydrazone groups is 1. The average molecular weight is 407 g/mol. The van der Waals surface area contributed by atoms with E-state index in [1.165, 1.54) is 0 Å². The summed E-state index contributed by atoms with van der Waals surface area (Å²) in [7, 11) is 4.00. The molecule has 0 saturated carbocycles. The molecule has 2 aliphatic heterocycles. The van der Waals surface area contributed by atoms with Crippen LogP contribution in [-0.4, -0.2) is 37.4 Å². The summed E-state index contributed by atoms with van der Waals surface area (Å²) in [5, 5.41) is 22.8. The van der Waals surface area contributed by atoms with Crippen LogP contribution in [0.5, 0.6) is 0 Å². The maximum Gasteiger partial charge on any atom is 0.161 e. The van der Waals surface area contributed by atoms with Crippen molar-refractivity contribution in [2.45, 2.75) is 13.8 Å². The highest BCUT2D eigenvalue weighted by Gasteiger charge is 2.40. The lowest BCUT2D eigenvalue weighted by molar-refractivity contribution is -0.399. The summed E-state index contributed by atoms with van der Waals surface area (Å²) < 4.78 is 5.82. The van der Waals surface area contributed by atoms with Crippen LogP contribution < -0.4 is 4.90 Å². The molecule has 1 N–H and O–H groups in total. The number of anilines is 1. The van der Waals surface area contributed by atoms with Crippen molar-refractivity contribution in [3.8, 4) is 6.07 Å². The normalized spacial score (nSPS) is 21.1. The van der Waals surface area contributed by atoms with Crippen LogP contribution in [0.15, 0.2) is 59.1 Å². The van der Waals surface area contributed by atoms with Crippen LogP contribution in [0, 0.1) is 28.6 Å². The predicted octanol–water partition coefficient (Wildman–Crippen LogP) is 3.87. The largest absolute Gasteiger partial charge is 0.463 e. The molecule has 1 aromatic carbocycles. The summed E-state index contributed by atoms with van der Waals surface area (Å²) in [6, 6.07) is 10.2. The zero-order valence-electron chi connectivity index (χ0n) is 17.5. The molecule has 2 heterocycles. The first-order valence-corrected chi connectivity index (χ1v) is 9.63. The number of hydrogen-bond donors (Lipinski definition) is 1. The topological polar surface area (TPSA) is 94.2 Å². The Bertz CT molecular complexity index is 954. The van der Waals surface area contributed by atoms with Crippen LogP contribution in [0.25, 0.3) is 6.08 Å². The van der Waals surface area contributed by atoms with Gasteiger partial charge in [0.1, 0.15) is 11.8 Å². The quantitative estimate of drug-likeness (QED) is 0.545. The lowest BCUT2D eigenvalue weighted by Crippen LogP contribution is -2.32. The first kappa shape index (κ1) is 21.3. The highest BCUT2D eigenvalue weighted by atomic mass is 17.3. The Labute approximate surface area is 176 Å². The molecule has 8 heteroatoms. The number of hydrogen-bond acceptors (Lipinski definition) is 7. The number of hydroxylamine groups is 1. The molecule has 0 bridgehead atoms. The van der Waals surface area contributed by atoms with Gasteiger partial charge in [0.2, 0.25) is 0 Å². The number of nitrogens with zero attached hydrogens (tertiary/aromatic N) is 4. The maximum absolute atomic E-state index is 9.48. The van der Waals surface area contributed by atoms with E-state index < -0.39 is 5.92 Å². The fraction of sp³-hybridized carbons (Fsp3) is 0.318. The Kier molecular flexibility index (Phi) is 6.67. The fourth-order valence-corrected chi connectivity index (χ4v) is 3.19. The van der Waals surface area contributed by atoms with E-state index in [9.17, 15) is 5.26 Å². The number of allylic oxidation sites excluding steroid dienone is 4. The Morgan fingerprint density at radius 2 is 2.00 bits per heavy atom. The summed E-state index contributed by atoms with van der Waals surface area (Å²) >= 11 is 0. The minimum absolute atomic E-state index is 0.0369. The Morgan fingerprint density at radius 3 is 2.63 bits per heavy atom. The van der Waals surface area contributed by atoms with Crippen molar-refractivity contribution in [3.63, 3.8) is 0 Å². The highest BCUT2D eigenvalue weighted by molar-refractivity contribution is 6.16. The van der Waals surface area contributed by atoms with E-state index in [0.717, 1.165) is 16.4 Å². The smallest absolute Gasteiger partial charge is 0.161 e. The van der Waals surface area contributed by atoms with Gasteiger partial charge in [-0.2, -0.15) is 5.26 Å². The van der Waals surface area contributed by atoms with Crippen molar-refractivity contribution in [3.05, 3.63) is 59.6 Å². The van der Waals surface area contributed by atoms with Crippen molar-refractivity contribution in [2.24, 2.45) is 16.9 Å². The molecular weight excluding hydrogens is 382 g/mol. The van der Waals surface area contributed by atoms with Gasteiger partial charge in [-0.1, -0.05) is 28.4 Å². The minimum atomic E-state index is -0.572. The molecule has 0 spiro atoms. The molecule has 0 fully saturated rings. The minimum Gasteiger partial charge on any atom is -0.463 e. The second kappa shape index (κ2) is 9.39. The van der Waals surface area contributed by atoms with Gasteiger partial charge in [0.15, 0.2) is 11.5 Å². The predicted molar refractivity (Wildman–Crippen MR) is 115 cm³/mol. The standard InChI is InChI=1S/C22H25N5O3/c1-5-28-30-27-22(24)21(20(14-23)25-27)17-12-15(2)29-19(13-17)11-8-16-6-9-18(10-7-16)26(3)4/h6-13,17,21,24H,5H2,1-4H3/b11-8+,24-22?. The molecule has 0 radical (unpaired) electrons. The first-order chi connectivity index (χ1) is 14.4. The molecule has 1 aromatic rings. The Balaban J connectivity index is 1.79. The summed E-state index contributed by atoms with van der Waals surface area (Å²) in [5.41, 5.74) is 2.36. The monoisotopic (exact) mass is 407 g/mol. The van der Waals surface area contributed by atoms with Crippen molar-refractivity contribution in [2.75, 3.05) is 25.6 Å². The number of benzene rings is 1. The maximum atomic E-state index is 9.48. The van der Waals surface area contributed by atoms with Crippen LogP contribution in [0.2, 0.25) is 0 Å².